The Morgan fingerprint density at radius 1 is 1.42 bits per heavy atom. The monoisotopic (exact) mass is 322 g/mol. The minimum Gasteiger partial charge on any atom is -0.345 e. The molecule has 0 saturated carbocycles. The molecule has 98 valence electrons. The molecule has 1 aromatic carbocycles. The van der Waals surface area contributed by atoms with Crippen LogP contribution in [-0.4, -0.2) is 10.9 Å². The summed E-state index contributed by atoms with van der Waals surface area (Å²) in [7, 11) is 0. The molecule has 2 rings (SSSR count). The summed E-state index contributed by atoms with van der Waals surface area (Å²) in [5, 5.41) is 2.80. The van der Waals surface area contributed by atoms with Crippen LogP contribution in [0.3, 0.4) is 0 Å². The number of nitrogens with one attached hydrogen (secondary N) is 1. The molecule has 1 atom stereocenters. The fourth-order valence-electron chi connectivity index (χ4n) is 1.68. The van der Waals surface area contributed by atoms with Gasteiger partial charge in [-0.15, -0.1) is 0 Å². The Hall–Kier alpha value is -1.75. The Kier molecular flexibility index (Phi) is 4.27. The lowest BCUT2D eigenvalue weighted by Gasteiger charge is -2.14. The maximum absolute atomic E-state index is 13.2. The molecule has 1 aromatic heterocycles. The third kappa shape index (κ3) is 3.61. The second kappa shape index (κ2) is 5.93. The van der Waals surface area contributed by atoms with E-state index in [-0.39, 0.29) is 17.5 Å². The highest BCUT2D eigenvalue weighted by atomic mass is 79.9. The van der Waals surface area contributed by atoms with E-state index in [1.54, 1.807) is 24.5 Å². The molecule has 0 radical (unpaired) electrons. The standard InChI is InChI=1S/C14H12BrFN2O/c1-9(10-3-2-4-17-8-10)18-14(19)11-5-12(15)7-13(16)6-11/h2-9H,1H3,(H,18,19). The van der Waals surface area contributed by atoms with E-state index in [1.165, 1.54) is 12.1 Å². The van der Waals surface area contributed by atoms with Crippen LogP contribution >= 0.6 is 15.9 Å². The first-order valence-corrected chi connectivity index (χ1v) is 6.52. The molecular formula is C14H12BrFN2O. The Bertz CT molecular complexity index is 569. The average Bonchev–Trinajstić information content (AvgIpc) is 2.38. The molecule has 1 unspecified atom stereocenters. The second-order valence-electron chi connectivity index (χ2n) is 4.14. The number of aromatic nitrogens is 1. The van der Waals surface area contributed by atoms with Gasteiger partial charge >= 0.3 is 0 Å². The molecule has 0 aliphatic rings. The zero-order valence-corrected chi connectivity index (χ0v) is 11.8. The van der Waals surface area contributed by atoms with Gasteiger partial charge < -0.3 is 5.32 Å². The van der Waals surface area contributed by atoms with Crippen molar-refractivity contribution in [2.75, 3.05) is 0 Å². The quantitative estimate of drug-likeness (QED) is 0.940. The molecule has 5 heteroatoms. The zero-order chi connectivity index (χ0) is 13.8. The molecule has 1 N–H and O–H groups in total. The van der Waals surface area contributed by atoms with Gasteiger partial charge in [0.05, 0.1) is 6.04 Å². The number of benzene rings is 1. The summed E-state index contributed by atoms with van der Waals surface area (Å²) in [6.07, 6.45) is 3.36. The second-order valence-corrected chi connectivity index (χ2v) is 5.06. The van der Waals surface area contributed by atoms with E-state index in [0.717, 1.165) is 5.56 Å². The van der Waals surface area contributed by atoms with Crippen molar-refractivity contribution >= 4 is 21.8 Å². The molecule has 1 heterocycles. The van der Waals surface area contributed by atoms with Crippen molar-refractivity contribution in [2.45, 2.75) is 13.0 Å². The van der Waals surface area contributed by atoms with E-state index in [1.807, 2.05) is 13.0 Å². The van der Waals surface area contributed by atoms with E-state index in [2.05, 4.69) is 26.2 Å². The Balaban J connectivity index is 2.13. The molecule has 0 aliphatic carbocycles. The topological polar surface area (TPSA) is 42.0 Å². The molecule has 0 aliphatic heterocycles. The first kappa shape index (κ1) is 13.7. The smallest absolute Gasteiger partial charge is 0.251 e. The Morgan fingerprint density at radius 3 is 2.84 bits per heavy atom. The highest BCUT2D eigenvalue weighted by Gasteiger charge is 2.12. The lowest BCUT2D eigenvalue weighted by Crippen LogP contribution is -2.26. The minimum atomic E-state index is -0.450. The maximum atomic E-state index is 13.2. The van der Waals surface area contributed by atoms with Crippen molar-refractivity contribution in [3.05, 3.63) is 64.1 Å². The van der Waals surface area contributed by atoms with E-state index in [9.17, 15) is 9.18 Å². The van der Waals surface area contributed by atoms with Crippen LogP contribution in [0.1, 0.15) is 28.9 Å². The van der Waals surface area contributed by atoms with Crippen molar-refractivity contribution < 1.29 is 9.18 Å². The minimum absolute atomic E-state index is 0.191. The van der Waals surface area contributed by atoms with Crippen molar-refractivity contribution in [1.29, 1.82) is 0 Å². The molecule has 1 amide bonds. The van der Waals surface area contributed by atoms with Gasteiger partial charge in [-0.1, -0.05) is 22.0 Å². The molecule has 2 aromatic rings. The van der Waals surface area contributed by atoms with Crippen molar-refractivity contribution in [2.24, 2.45) is 0 Å². The fourth-order valence-corrected chi connectivity index (χ4v) is 2.15. The SMILES string of the molecule is CC(NC(=O)c1cc(F)cc(Br)c1)c1cccnc1. The number of amides is 1. The van der Waals surface area contributed by atoms with Crippen LogP contribution in [0.5, 0.6) is 0 Å². The first-order valence-electron chi connectivity index (χ1n) is 5.73. The molecular weight excluding hydrogens is 311 g/mol. The fraction of sp³-hybridized carbons (Fsp3) is 0.143. The molecule has 0 bridgehead atoms. The van der Waals surface area contributed by atoms with Gasteiger partial charge in [-0.3, -0.25) is 9.78 Å². The van der Waals surface area contributed by atoms with Gasteiger partial charge in [0.25, 0.3) is 5.91 Å². The van der Waals surface area contributed by atoms with Gasteiger partial charge in [-0.05, 0) is 36.8 Å². The summed E-state index contributed by atoms with van der Waals surface area (Å²) in [5.41, 5.74) is 1.17. The summed E-state index contributed by atoms with van der Waals surface area (Å²) in [4.78, 5) is 16.0. The van der Waals surface area contributed by atoms with Crippen molar-refractivity contribution in [1.82, 2.24) is 10.3 Å². The van der Waals surface area contributed by atoms with Crippen LogP contribution in [0.4, 0.5) is 4.39 Å². The number of rotatable bonds is 3. The van der Waals surface area contributed by atoms with E-state index in [0.29, 0.717) is 4.47 Å². The van der Waals surface area contributed by atoms with Crippen LogP contribution in [0.25, 0.3) is 0 Å². The predicted octanol–water partition coefficient (Wildman–Crippen LogP) is 3.47. The van der Waals surface area contributed by atoms with Crippen molar-refractivity contribution in [3.8, 4) is 0 Å². The zero-order valence-electron chi connectivity index (χ0n) is 10.2. The highest BCUT2D eigenvalue weighted by molar-refractivity contribution is 9.10. The van der Waals surface area contributed by atoms with Crippen LogP contribution in [0.15, 0.2) is 47.2 Å². The summed E-state index contributed by atoms with van der Waals surface area (Å²) in [6.45, 7) is 1.85. The lowest BCUT2D eigenvalue weighted by molar-refractivity contribution is 0.0939. The van der Waals surface area contributed by atoms with Crippen LogP contribution < -0.4 is 5.32 Å². The maximum Gasteiger partial charge on any atom is 0.251 e. The number of hydrogen-bond acceptors (Lipinski definition) is 2. The Labute approximate surface area is 119 Å². The van der Waals surface area contributed by atoms with Crippen LogP contribution in [-0.2, 0) is 0 Å². The number of hydrogen-bond donors (Lipinski definition) is 1. The van der Waals surface area contributed by atoms with E-state index < -0.39 is 5.82 Å². The third-order valence-electron chi connectivity index (χ3n) is 2.66. The molecule has 0 fully saturated rings. The predicted molar refractivity (Wildman–Crippen MR) is 74.2 cm³/mol. The summed E-state index contributed by atoms with van der Waals surface area (Å²) >= 11 is 3.16. The number of carbonyl (C=O) groups is 1. The van der Waals surface area contributed by atoms with Crippen LogP contribution in [0, 0.1) is 5.82 Å². The van der Waals surface area contributed by atoms with E-state index >= 15 is 0 Å². The number of pyridine rings is 1. The van der Waals surface area contributed by atoms with Gasteiger partial charge in [-0.25, -0.2) is 4.39 Å². The number of halogens is 2. The first-order chi connectivity index (χ1) is 9.06. The van der Waals surface area contributed by atoms with Crippen molar-refractivity contribution in [3.63, 3.8) is 0 Å². The molecule has 0 spiro atoms. The Morgan fingerprint density at radius 2 is 2.21 bits per heavy atom. The number of nitrogens with zero attached hydrogens (tertiary/aromatic N) is 1. The largest absolute Gasteiger partial charge is 0.345 e. The van der Waals surface area contributed by atoms with Gasteiger partial charge in [0.2, 0.25) is 0 Å². The summed E-state index contributed by atoms with van der Waals surface area (Å²) < 4.78 is 13.8. The average molecular weight is 323 g/mol. The normalized spacial score (nSPS) is 11.9. The molecule has 0 saturated heterocycles. The molecule has 3 nitrogen and oxygen atoms in total. The van der Waals surface area contributed by atoms with Gasteiger partial charge in [0.1, 0.15) is 5.82 Å². The number of carbonyl (C=O) groups excluding carboxylic acids is 1. The van der Waals surface area contributed by atoms with E-state index in [4.69, 9.17) is 0 Å². The summed E-state index contributed by atoms with van der Waals surface area (Å²) in [5.74, 6) is -0.773. The van der Waals surface area contributed by atoms with Gasteiger partial charge in [0, 0.05) is 22.4 Å². The van der Waals surface area contributed by atoms with Crippen LogP contribution in [0.2, 0.25) is 0 Å². The lowest BCUT2D eigenvalue weighted by atomic mass is 10.1. The van der Waals surface area contributed by atoms with Gasteiger partial charge in [0.15, 0.2) is 0 Å². The highest BCUT2D eigenvalue weighted by Crippen LogP contribution is 2.16. The summed E-state index contributed by atoms with van der Waals surface area (Å²) in [6, 6.07) is 7.57. The van der Waals surface area contributed by atoms with Gasteiger partial charge in [-0.2, -0.15) is 0 Å². The third-order valence-corrected chi connectivity index (χ3v) is 3.11. The molecule has 19 heavy (non-hydrogen) atoms.